The molecule has 0 fully saturated rings. The molecule has 3 aromatic heterocycles. The van der Waals surface area contributed by atoms with Gasteiger partial charge in [0.2, 0.25) is 0 Å². The van der Waals surface area contributed by atoms with Crippen LogP contribution in [0.15, 0.2) is 88.7 Å². The Morgan fingerprint density at radius 2 is 1.74 bits per heavy atom. The lowest BCUT2D eigenvalue weighted by Gasteiger charge is -2.17. The minimum Gasteiger partial charge on any atom is -0.350 e. The number of pyridine rings is 3. The van der Waals surface area contributed by atoms with E-state index in [1.54, 1.807) is 49.0 Å². The van der Waals surface area contributed by atoms with Gasteiger partial charge in [-0.2, -0.15) is 13.2 Å². The van der Waals surface area contributed by atoms with Crippen LogP contribution in [0.3, 0.4) is 0 Å². The molecule has 1 amide bonds. The number of aromatic nitrogens is 3. The van der Waals surface area contributed by atoms with Gasteiger partial charge in [0.15, 0.2) is 5.43 Å². The molecule has 38 heavy (non-hydrogen) atoms. The lowest BCUT2D eigenvalue weighted by atomic mass is 10.0. The molecule has 1 N–H and O–H groups in total. The highest BCUT2D eigenvalue weighted by Gasteiger charge is 2.30. The van der Waals surface area contributed by atoms with Gasteiger partial charge in [0.1, 0.15) is 5.39 Å². The number of fused-ring (bicyclic) bond motifs is 3. The predicted molar refractivity (Wildman–Crippen MR) is 137 cm³/mol. The van der Waals surface area contributed by atoms with E-state index >= 15 is 0 Å². The summed E-state index contributed by atoms with van der Waals surface area (Å²) in [6, 6.07) is 15.0. The van der Waals surface area contributed by atoms with Crippen molar-refractivity contribution >= 4 is 27.7 Å². The molecule has 0 saturated heterocycles. The second-order valence-electron chi connectivity index (χ2n) is 8.88. The second-order valence-corrected chi connectivity index (χ2v) is 8.88. The summed E-state index contributed by atoms with van der Waals surface area (Å²) in [7, 11) is 1.67. The molecule has 0 bridgehead atoms. The first-order valence-corrected chi connectivity index (χ1v) is 11.6. The van der Waals surface area contributed by atoms with E-state index in [9.17, 15) is 27.6 Å². The lowest BCUT2D eigenvalue weighted by Crippen LogP contribution is -2.28. The van der Waals surface area contributed by atoms with Crippen molar-refractivity contribution in [3.8, 4) is 5.69 Å². The third-order valence-electron chi connectivity index (χ3n) is 6.39. The quantitative estimate of drug-likeness (QED) is 0.348. The Morgan fingerprint density at radius 1 is 1.00 bits per heavy atom. The van der Waals surface area contributed by atoms with Gasteiger partial charge in [-0.05, 0) is 61.5 Å². The second kappa shape index (κ2) is 9.29. The van der Waals surface area contributed by atoms with Gasteiger partial charge >= 0.3 is 6.18 Å². The van der Waals surface area contributed by atoms with Crippen LogP contribution in [-0.4, -0.2) is 20.0 Å². The van der Waals surface area contributed by atoms with Gasteiger partial charge in [0, 0.05) is 42.1 Å². The summed E-state index contributed by atoms with van der Waals surface area (Å²) >= 11 is 0. The molecule has 7 nitrogen and oxygen atoms in total. The van der Waals surface area contributed by atoms with Crippen LogP contribution in [0, 0.1) is 0 Å². The number of carbonyl (C=O) groups is 1. The molecule has 0 aliphatic rings. The van der Waals surface area contributed by atoms with E-state index in [1.807, 2.05) is 6.07 Å². The first-order chi connectivity index (χ1) is 18.1. The SMILES string of the molecule is C[C@H](NC(=O)c1ccc2c(c1)c1c(c(=O)ccn1C)c(=O)n2-c1ccc(C(F)(F)F)cc1)c1ccccn1. The molecule has 10 heteroatoms. The molecule has 192 valence electrons. The third kappa shape index (κ3) is 4.34. The zero-order chi connectivity index (χ0) is 27.2. The van der Waals surface area contributed by atoms with E-state index < -0.39 is 28.6 Å². The van der Waals surface area contributed by atoms with Crippen molar-refractivity contribution in [1.82, 2.24) is 19.4 Å². The summed E-state index contributed by atoms with van der Waals surface area (Å²) in [5.74, 6) is -0.397. The van der Waals surface area contributed by atoms with Crippen molar-refractivity contribution in [3.63, 3.8) is 0 Å². The third-order valence-corrected chi connectivity index (χ3v) is 6.39. The maximum atomic E-state index is 13.6. The molecule has 5 rings (SSSR count). The van der Waals surface area contributed by atoms with E-state index in [0.29, 0.717) is 22.1 Å². The Kier molecular flexibility index (Phi) is 6.10. The molecule has 0 aliphatic carbocycles. The molecule has 2 aromatic carbocycles. The zero-order valence-electron chi connectivity index (χ0n) is 20.3. The topological polar surface area (TPSA) is 86.0 Å². The molecule has 0 saturated carbocycles. The highest BCUT2D eigenvalue weighted by molar-refractivity contribution is 6.07. The summed E-state index contributed by atoms with van der Waals surface area (Å²) in [6.45, 7) is 1.79. The van der Waals surface area contributed by atoms with Crippen molar-refractivity contribution in [3.05, 3.63) is 117 Å². The minimum atomic E-state index is -4.54. The number of rotatable bonds is 4. The van der Waals surface area contributed by atoms with Crippen LogP contribution >= 0.6 is 0 Å². The van der Waals surface area contributed by atoms with Gasteiger partial charge in [0.05, 0.1) is 28.3 Å². The van der Waals surface area contributed by atoms with Gasteiger partial charge < -0.3 is 9.88 Å². The summed E-state index contributed by atoms with van der Waals surface area (Å²) in [5, 5.41) is 3.16. The largest absolute Gasteiger partial charge is 0.416 e. The number of halogens is 3. The van der Waals surface area contributed by atoms with Crippen LogP contribution < -0.4 is 16.3 Å². The van der Waals surface area contributed by atoms with E-state index in [1.165, 1.54) is 35.0 Å². The zero-order valence-corrected chi connectivity index (χ0v) is 20.3. The summed E-state index contributed by atoms with van der Waals surface area (Å²) in [6.07, 6.45) is -1.40. The van der Waals surface area contributed by atoms with Crippen LogP contribution in [0.5, 0.6) is 0 Å². The van der Waals surface area contributed by atoms with E-state index in [-0.39, 0.29) is 22.7 Å². The first-order valence-electron chi connectivity index (χ1n) is 11.6. The fraction of sp³-hybridized carbons (Fsp3) is 0.143. The highest BCUT2D eigenvalue weighted by atomic mass is 19.4. The fourth-order valence-corrected chi connectivity index (χ4v) is 4.49. The van der Waals surface area contributed by atoms with Crippen LogP contribution in [0.1, 0.15) is 34.6 Å². The fourth-order valence-electron chi connectivity index (χ4n) is 4.49. The number of benzene rings is 2. The first kappa shape index (κ1) is 24.9. The number of alkyl halides is 3. The van der Waals surface area contributed by atoms with Gasteiger partial charge in [-0.1, -0.05) is 6.07 Å². The van der Waals surface area contributed by atoms with Crippen LogP contribution in [0.4, 0.5) is 13.2 Å². The number of hydrogen-bond acceptors (Lipinski definition) is 4. The van der Waals surface area contributed by atoms with Gasteiger partial charge in [0.25, 0.3) is 11.5 Å². The number of aryl methyl sites for hydroxylation is 1. The number of nitrogens with zero attached hydrogens (tertiary/aromatic N) is 3. The predicted octanol–water partition coefficient (Wildman–Crippen LogP) is 4.75. The lowest BCUT2D eigenvalue weighted by molar-refractivity contribution is -0.137. The van der Waals surface area contributed by atoms with Crippen molar-refractivity contribution in [2.75, 3.05) is 0 Å². The maximum absolute atomic E-state index is 13.6. The Bertz CT molecular complexity index is 1810. The number of hydrogen-bond donors (Lipinski definition) is 1. The molecular weight excluding hydrogens is 497 g/mol. The molecule has 0 radical (unpaired) electrons. The number of amides is 1. The molecule has 5 aromatic rings. The van der Waals surface area contributed by atoms with Crippen LogP contribution in [0.25, 0.3) is 27.5 Å². The van der Waals surface area contributed by atoms with Gasteiger partial charge in [-0.25, -0.2) is 0 Å². The van der Waals surface area contributed by atoms with Crippen molar-refractivity contribution in [2.45, 2.75) is 19.1 Å². The monoisotopic (exact) mass is 518 g/mol. The average Bonchev–Trinajstić information content (AvgIpc) is 2.90. The normalized spacial score (nSPS) is 12.6. The minimum absolute atomic E-state index is 0.137. The Labute approximate surface area is 213 Å². The van der Waals surface area contributed by atoms with E-state index in [0.717, 1.165) is 12.1 Å². The number of nitrogens with one attached hydrogen (secondary N) is 1. The Hall–Kier alpha value is -4.73. The average molecular weight is 518 g/mol. The van der Waals surface area contributed by atoms with Gasteiger partial charge in [-0.15, -0.1) is 0 Å². The Balaban J connectivity index is 1.71. The number of carbonyl (C=O) groups excluding carboxylic acids is 1. The maximum Gasteiger partial charge on any atom is 0.416 e. The molecule has 1 atom stereocenters. The summed E-state index contributed by atoms with van der Waals surface area (Å²) < 4.78 is 42.2. The van der Waals surface area contributed by atoms with Crippen molar-refractivity contribution in [1.29, 1.82) is 0 Å². The standard InChI is InChI=1S/C28H21F3N4O3/c1-16(21-5-3-4-13-32-21)33-26(37)17-6-11-22-20(15-17)25-24(23(36)12-14-34(25)2)27(38)35(22)19-9-7-18(8-10-19)28(29,30)31/h3-16H,1-2H3,(H,33,37)/t16-/m0/s1. The van der Waals surface area contributed by atoms with Crippen LogP contribution in [-0.2, 0) is 13.2 Å². The molecule has 0 aliphatic heterocycles. The van der Waals surface area contributed by atoms with Crippen molar-refractivity contribution < 1.29 is 18.0 Å². The Morgan fingerprint density at radius 3 is 2.39 bits per heavy atom. The molecule has 3 heterocycles. The van der Waals surface area contributed by atoms with Crippen molar-refractivity contribution in [2.24, 2.45) is 7.05 Å². The van der Waals surface area contributed by atoms with E-state index in [2.05, 4.69) is 10.3 Å². The van der Waals surface area contributed by atoms with E-state index in [4.69, 9.17) is 0 Å². The highest BCUT2D eigenvalue weighted by Crippen LogP contribution is 2.31. The molecule has 0 unspecified atom stereocenters. The molecular formula is C28H21F3N4O3. The summed E-state index contributed by atoms with van der Waals surface area (Å²) in [4.78, 5) is 43.8. The smallest absolute Gasteiger partial charge is 0.350 e. The van der Waals surface area contributed by atoms with Crippen LogP contribution in [0.2, 0.25) is 0 Å². The van der Waals surface area contributed by atoms with Gasteiger partial charge in [-0.3, -0.25) is 23.9 Å². The summed E-state index contributed by atoms with van der Waals surface area (Å²) in [5.41, 5.74) is -0.330. The molecule has 0 spiro atoms.